The molecule has 0 fully saturated rings. The fraction of sp³-hybridized carbons (Fsp3) is 0.143. The number of H-pyrrole nitrogens is 1. The number of aromatic nitrogens is 3. The van der Waals surface area contributed by atoms with Crippen LogP contribution in [0.15, 0.2) is 64.6 Å². The van der Waals surface area contributed by atoms with Crippen molar-refractivity contribution >= 4 is 34.4 Å². The van der Waals surface area contributed by atoms with Crippen molar-refractivity contribution in [2.24, 2.45) is 0 Å². The van der Waals surface area contributed by atoms with Crippen LogP contribution < -0.4 is 9.47 Å². The van der Waals surface area contributed by atoms with E-state index in [9.17, 15) is 0 Å². The van der Waals surface area contributed by atoms with Gasteiger partial charge in [-0.1, -0.05) is 30.8 Å². The molecule has 0 bridgehead atoms. The van der Waals surface area contributed by atoms with Crippen molar-refractivity contribution in [2.45, 2.75) is 17.2 Å². The molecule has 28 heavy (non-hydrogen) atoms. The number of hydrogen-bond donors (Lipinski definition) is 1. The molecule has 3 heterocycles. The molecule has 5 nitrogen and oxygen atoms in total. The number of aromatic amines is 1. The van der Waals surface area contributed by atoms with Gasteiger partial charge in [0.15, 0.2) is 0 Å². The number of pyridine rings is 2. The second-order valence-corrected chi connectivity index (χ2v) is 7.23. The van der Waals surface area contributed by atoms with Gasteiger partial charge in [0.2, 0.25) is 5.88 Å². The van der Waals surface area contributed by atoms with Crippen molar-refractivity contribution in [3.63, 3.8) is 0 Å². The summed E-state index contributed by atoms with van der Waals surface area (Å²) >= 11 is 7.66. The second kappa shape index (κ2) is 8.54. The molecule has 0 amide bonds. The number of hydrogen-bond acceptors (Lipinski definition) is 5. The maximum absolute atomic E-state index is 6.02. The van der Waals surface area contributed by atoms with Crippen LogP contribution >= 0.6 is 23.4 Å². The summed E-state index contributed by atoms with van der Waals surface area (Å²) in [6, 6.07) is 13.5. The Kier molecular flexibility index (Phi) is 6.11. The summed E-state index contributed by atoms with van der Waals surface area (Å²) in [7, 11) is 3.21. The molecular weight excluding hydrogens is 394 g/mol. The summed E-state index contributed by atoms with van der Waals surface area (Å²) in [5.74, 6) is 1.17. The van der Waals surface area contributed by atoms with E-state index in [1.54, 1.807) is 44.4 Å². The Bertz CT molecular complexity index is 1100. The van der Waals surface area contributed by atoms with Crippen LogP contribution in [0, 0.1) is 0 Å². The normalized spacial score (nSPS) is 10.5. The van der Waals surface area contributed by atoms with Crippen molar-refractivity contribution in [3.05, 3.63) is 59.9 Å². The van der Waals surface area contributed by atoms with Gasteiger partial charge in [-0.05, 0) is 36.4 Å². The summed E-state index contributed by atoms with van der Waals surface area (Å²) in [6.45, 7) is 0. The molecule has 0 saturated carbocycles. The quantitative estimate of drug-likeness (QED) is 0.429. The van der Waals surface area contributed by atoms with Gasteiger partial charge in [0.25, 0.3) is 0 Å². The Morgan fingerprint density at radius 1 is 1.04 bits per heavy atom. The maximum atomic E-state index is 6.02. The van der Waals surface area contributed by atoms with Crippen LogP contribution in [0.25, 0.3) is 22.3 Å². The van der Waals surface area contributed by atoms with E-state index in [-0.39, 0.29) is 7.43 Å². The van der Waals surface area contributed by atoms with E-state index in [0.29, 0.717) is 16.7 Å². The van der Waals surface area contributed by atoms with Crippen LogP contribution in [0.3, 0.4) is 0 Å². The van der Waals surface area contributed by atoms with Crippen molar-refractivity contribution in [2.75, 3.05) is 14.2 Å². The minimum Gasteiger partial charge on any atom is -0.496 e. The minimum atomic E-state index is 0. The van der Waals surface area contributed by atoms with Crippen molar-refractivity contribution in [1.29, 1.82) is 0 Å². The lowest BCUT2D eigenvalue weighted by atomic mass is 10.2. The molecule has 144 valence electrons. The van der Waals surface area contributed by atoms with E-state index in [0.717, 1.165) is 32.1 Å². The van der Waals surface area contributed by atoms with Crippen molar-refractivity contribution in [1.82, 2.24) is 15.0 Å². The zero-order chi connectivity index (χ0) is 18.8. The third-order valence-corrected chi connectivity index (χ3v) is 5.48. The second-order valence-electron chi connectivity index (χ2n) is 5.71. The number of methoxy groups -OCH3 is 2. The fourth-order valence-corrected chi connectivity index (χ4v) is 3.97. The van der Waals surface area contributed by atoms with Gasteiger partial charge in [-0.25, -0.2) is 9.97 Å². The largest absolute Gasteiger partial charge is 0.496 e. The van der Waals surface area contributed by atoms with E-state index >= 15 is 0 Å². The Hall–Kier alpha value is -2.70. The van der Waals surface area contributed by atoms with E-state index in [1.165, 1.54) is 0 Å². The van der Waals surface area contributed by atoms with E-state index in [1.807, 2.05) is 36.4 Å². The predicted molar refractivity (Wildman–Crippen MR) is 115 cm³/mol. The predicted octanol–water partition coefficient (Wildman–Crippen LogP) is 6.08. The standard InChI is InChI=1S/C20H16ClN3O2S.CH4/c1-25-16-10-17(26-2)23-11-15(16)18-19(14-4-3-9-22-20(14)24-18)27-13-7-5-12(21)6-8-13;/h3-11H,1-2H3,(H,22,24);1H4. The van der Waals surface area contributed by atoms with Gasteiger partial charge in [-0.2, -0.15) is 0 Å². The number of rotatable bonds is 5. The number of ether oxygens (including phenoxy) is 2. The smallest absolute Gasteiger partial charge is 0.216 e. The fourth-order valence-electron chi connectivity index (χ4n) is 2.80. The molecule has 4 aromatic rings. The molecular formula is C21H20ClN3O2S. The molecule has 0 saturated heterocycles. The lowest BCUT2D eigenvalue weighted by Crippen LogP contribution is -1.94. The van der Waals surface area contributed by atoms with Gasteiger partial charge in [-0.15, -0.1) is 0 Å². The molecule has 0 aliphatic carbocycles. The van der Waals surface area contributed by atoms with E-state index < -0.39 is 0 Å². The maximum Gasteiger partial charge on any atom is 0.216 e. The summed E-state index contributed by atoms with van der Waals surface area (Å²) in [4.78, 5) is 14.3. The monoisotopic (exact) mass is 413 g/mol. The van der Waals surface area contributed by atoms with Gasteiger partial charge < -0.3 is 14.5 Å². The Balaban J connectivity index is 0.00000225. The van der Waals surface area contributed by atoms with Gasteiger partial charge >= 0.3 is 0 Å². The number of nitrogens with one attached hydrogen (secondary N) is 1. The summed E-state index contributed by atoms with van der Waals surface area (Å²) in [5, 5.41) is 1.74. The van der Waals surface area contributed by atoms with Gasteiger partial charge in [0.1, 0.15) is 11.4 Å². The number of halogens is 1. The minimum absolute atomic E-state index is 0. The summed E-state index contributed by atoms with van der Waals surface area (Å²) in [5.41, 5.74) is 2.55. The first-order valence-electron chi connectivity index (χ1n) is 8.18. The van der Waals surface area contributed by atoms with Gasteiger partial charge in [0.05, 0.1) is 25.5 Å². The zero-order valence-corrected chi connectivity index (χ0v) is 16.3. The molecule has 4 rings (SSSR count). The average Bonchev–Trinajstić information content (AvgIpc) is 3.07. The highest BCUT2D eigenvalue weighted by atomic mass is 35.5. The highest BCUT2D eigenvalue weighted by molar-refractivity contribution is 7.99. The number of nitrogens with zero attached hydrogens (tertiary/aromatic N) is 2. The van der Waals surface area contributed by atoms with Crippen LogP contribution in [0.4, 0.5) is 0 Å². The van der Waals surface area contributed by atoms with Crippen molar-refractivity contribution in [3.8, 4) is 22.9 Å². The first-order valence-corrected chi connectivity index (χ1v) is 9.37. The molecule has 7 heteroatoms. The molecule has 0 spiro atoms. The molecule has 0 aliphatic heterocycles. The SMILES string of the molecule is C.COc1cc(OC)c(-c2[nH]c3ncccc3c2Sc2ccc(Cl)cc2)cn1. The number of fused-ring (bicyclic) bond motifs is 1. The van der Waals surface area contributed by atoms with E-state index in [2.05, 4.69) is 15.0 Å². The van der Waals surface area contributed by atoms with Crippen LogP contribution in [0.5, 0.6) is 11.6 Å². The molecule has 0 atom stereocenters. The Labute approximate surface area is 173 Å². The van der Waals surface area contributed by atoms with Crippen LogP contribution in [0.1, 0.15) is 7.43 Å². The molecule has 1 N–H and O–H groups in total. The van der Waals surface area contributed by atoms with Crippen LogP contribution in [0.2, 0.25) is 5.02 Å². The molecule has 1 aromatic carbocycles. The molecule has 0 aliphatic rings. The Morgan fingerprint density at radius 3 is 2.54 bits per heavy atom. The third kappa shape index (κ3) is 3.79. The lowest BCUT2D eigenvalue weighted by Gasteiger charge is -2.10. The highest BCUT2D eigenvalue weighted by Crippen LogP contribution is 2.43. The van der Waals surface area contributed by atoms with Crippen LogP contribution in [-0.4, -0.2) is 29.2 Å². The third-order valence-electron chi connectivity index (χ3n) is 4.10. The molecule has 0 unspecified atom stereocenters. The highest BCUT2D eigenvalue weighted by Gasteiger charge is 2.19. The molecule has 0 radical (unpaired) electrons. The zero-order valence-electron chi connectivity index (χ0n) is 14.7. The van der Waals surface area contributed by atoms with Gasteiger partial charge in [0, 0.05) is 38.7 Å². The number of benzene rings is 1. The van der Waals surface area contributed by atoms with Crippen LogP contribution in [-0.2, 0) is 0 Å². The lowest BCUT2D eigenvalue weighted by molar-refractivity contribution is 0.383. The molecule has 3 aromatic heterocycles. The Morgan fingerprint density at radius 2 is 1.82 bits per heavy atom. The van der Waals surface area contributed by atoms with Crippen molar-refractivity contribution < 1.29 is 9.47 Å². The first-order chi connectivity index (χ1) is 13.2. The topological polar surface area (TPSA) is 60.0 Å². The van der Waals surface area contributed by atoms with Gasteiger partial charge in [-0.3, -0.25) is 0 Å². The average molecular weight is 414 g/mol. The first kappa shape index (κ1) is 20.0. The summed E-state index contributed by atoms with van der Waals surface area (Å²) < 4.78 is 10.8. The van der Waals surface area contributed by atoms with E-state index in [4.69, 9.17) is 21.1 Å². The summed E-state index contributed by atoms with van der Waals surface area (Å²) in [6.07, 6.45) is 3.51.